The molecule has 32 heavy (non-hydrogen) atoms. The molecule has 0 saturated heterocycles. The van der Waals surface area contributed by atoms with Gasteiger partial charge in [0.05, 0.1) is 0 Å². The molecule has 1 nitrogen and oxygen atoms in total. The quantitative estimate of drug-likeness (QED) is 0.289. The number of nitrogens with zero attached hydrogens (tertiary/aromatic N) is 1. The summed E-state index contributed by atoms with van der Waals surface area (Å²) < 4.78 is 2.44. The summed E-state index contributed by atoms with van der Waals surface area (Å²) in [4.78, 5) is 0. The number of hydrogen-bond donors (Lipinski definition) is 0. The van der Waals surface area contributed by atoms with Crippen LogP contribution in [0.25, 0.3) is 22.3 Å². The van der Waals surface area contributed by atoms with Crippen molar-refractivity contribution >= 4 is 46.8 Å². The average Bonchev–Trinajstić information content (AvgIpc) is 2.60. The minimum atomic E-state index is -2.26. The van der Waals surface area contributed by atoms with Crippen molar-refractivity contribution < 1.29 is 0 Å². The molecule has 0 aliphatic heterocycles. The van der Waals surface area contributed by atoms with Crippen molar-refractivity contribution in [3.8, 4) is 22.3 Å². The van der Waals surface area contributed by atoms with Gasteiger partial charge >= 0.3 is 210 Å². The van der Waals surface area contributed by atoms with Gasteiger partial charge in [-0.3, -0.25) is 0 Å². The van der Waals surface area contributed by atoms with Crippen LogP contribution in [0.15, 0.2) is 42.5 Å². The van der Waals surface area contributed by atoms with E-state index >= 15 is 0 Å². The number of rotatable bonds is 5. The van der Waals surface area contributed by atoms with Crippen molar-refractivity contribution in [2.45, 2.75) is 61.2 Å². The maximum absolute atomic E-state index is 6.86. The molecule has 0 aromatic heterocycles. The number of anilines is 1. The van der Waals surface area contributed by atoms with Gasteiger partial charge in [-0.05, 0) is 0 Å². The van der Waals surface area contributed by atoms with Gasteiger partial charge < -0.3 is 0 Å². The summed E-state index contributed by atoms with van der Waals surface area (Å²) in [6, 6.07) is 15.8. The number of aryl methyl sites for hydroxylation is 6. The summed E-state index contributed by atoms with van der Waals surface area (Å²) in [6.07, 6.45) is 0. The fourth-order valence-electron chi connectivity index (χ4n) is 5.02. The first kappa shape index (κ1) is 25.4. The van der Waals surface area contributed by atoms with Crippen LogP contribution < -0.4 is 3.48 Å². The van der Waals surface area contributed by atoms with Crippen molar-refractivity contribution in [1.29, 1.82) is 0 Å². The first-order valence-corrected chi connectivity index (χ1v) is 20.3. The van der Waals surface area contributed by atoms with Gasteiger partial charge in [-0.1, -0.05) is 0 Å². The van der Waals surface area contributed by atoms with Crippen LogP contribution in [0.1, 0.15) is 33.4 Å². The van der Waals surface area contributed by atoms with Crippen LogP contribution in [0.2, 0.25) is 19.6 Å². The second-order valence-electron chi connectivity index (χ2n) is 9.95. The van der Waals surface area contributed by atoms with E-state index in [0.717, 1.165) is 0 Å². The molecule has 0 fully saturated rings. The minimum absolute atomic E-state index is 1.21. The summed E-state index contributed by atoms with van der Waals surface area (Å²) in [6.45, 7) is 20.2. The fourth-order valence-corrected chi connectivity index (χ4v) is 17.9. The molecule has 0 N–H and O–H groups in total. The summed E-state index contributed by atoms with van der Waals surface area (Å²) in [5.74, 6) is 0. The molecule has 5 heteroatoms. The Morgan fingerprint density at radius 1 is 0.656 bits per heavy atom. The second-order valence-corrected chi connectivity index (χ2v) is 21.5. The molecule has 3 aromatic carbocycles. The standard InChI is InChI=1S/C27H34AsCl2NSi/c1-17-13-19(3)25(20(4)14-17)23-11-10-12-24(26-21(5)15-18(2)16-22(26)6)27(23)31(28(29)30)32(7,8)9/h10-16H,1-9H3. The van der Waals surface area contributed by atoms with Crippen molar-refractivity contribution in [3.63, 3.8) is 0 Å². The zero-order valence-electron chi connectivity index (χ0n) is 20.7. The molecule has 3 rings (SSSR count). The molecular formula is C27H34AsCl2NSi. The van der Waals surface area contributed by atoms with E-state index in [1.54, 1.807) is 0 Å². The van der Waals surface area contributed by atoms with E-state index in [2.05, 4.69) is 107 Å². The predicted molar refractivity (Wildman–Crippen MR) is 149 cm³/mol. The van der Waals surface area contributed by atoms with Crippen molar-refractivity contribution in [1.82, 2.24) is 0 Å². The van der Waals surface area contributed by atoms with Gasteiger partial charge in [-0.15, -0.1) is 0 Å². The van der Waals surface area contributed by atoms with E-state index in [9.17, 15) is 0 Å². The van der Waals surface area contributed by atoms with Gasteiger partial charge in [-0.2, -0.15) is 0 Å². The molecular weight excluding hydrogens is 512 g/mol. The molecule has 3 aromatic rings. The molecule has 0 heterocycles. The molecule has 170 valence electrons. The van der Waals surface area contributed by atoms with Crippen LogP contribution in [0, 0.1) is 41.5 Å². The normalized spacial score (nSPS) is 11.9. The molecule has 0 spiro atoms. The Balaban J connectivity index is 2.51. The van der Waals surface area contributed by atoms with Gasteiger partial charge in [0.1, 0.15) is 0 Å². The average molecular weight is 546 g/mol. The Bertz CT molecular complexity index is 1040. The third-order valence-electron chi connectivity index (χ3n) is 5.93. The molecule has 0 bridgehead atoms. The molecule has 0 saturated carbocycles. The molecule has 0 radical (unpaired) electrons. The van der Waals surface area contributed by atoms with Gasteiger partial charge in [0.15, 0.2) is 0 Å². The topological polar surface area (TPSA) is 3.24 Å². The van der Waals surface area contributed by atoms with Crippen LogP contribution in [0.5, 0.6) is 0 Å². The summed E-state index contributed by atoms with van der Waals surface area (Å²) in [5, 5.41) is 0. The van der Waals surface area contributed by atoms with Crippen molar-refractivity contribution in [2.75, 3.05) is 3.48 Å². The van der Waals surface area contributed by atoms with Gasteiger partial charge in [-0.25, -0.2) is 0 Å². The van der Waals surface area contributed by atoms with Crippen molar-refractivity contribution in [3.05, 3.63) is 75.8 Å². The Labute approximate surface area is 208 Å². The molecule has 0 amide bonds. The SMILES string of the molecule is Cc1cc(C)c(-c2cccc(-c3c(C)cc(C)cc3C)c2N([As](Cl)Cl)[Si](C)(C)C)c(C)c1. The Hall–Kier alpha value is -1.18. The van der Waals surface area contributed by atoms with Gasteiger partial charge in [0, 0.05) is 0 Å². The van der Waals surface area contributed by atoms with E-state index in [1.807, 2.05) is 0 Å². The molecule has 0 aliphatic rings. The first-order valence-electron chi connectivity index (χ1n) is 11.0. The third kappa shape index (κ3) is 4.99. The zero-order valence-corrected chi connectivity index (χ0v) is 25.1. The van der Waals surface area contributed by atoms with E-state index < -0.39 is 21.2 Å². The van der Waals surface area contributed by atoms with E-state index in [-0.39, 0.29) is 0 Å². The van der Waals surface area contributed by atoms with Crippen LogP contribution >= 0.6 is 19.9 Å². The summed E-state index contributed by atoms with van der Waals surface area (Å²) >= 11 is -2.26. The van der Waals surface area contributed by atoms with Crippen LogP contribution in [0.4, 0.5) is 5.69 Å². The number of halogens is 2. The summed E-state index contributed by atoms with van der Waals surface area (Å²) in [5.41, 5.74) is 14.0. The van der Waals surface area contributed by atoms with Crippen molar-refractivity contribution in [2.24, 2.45) is 0 Å². The van der Waals surface area contributed by atoms with Crippen LogP contribution in [-0.2, 0) is 0 Å². The van der Waals surface area contributed by atoms with E-state index in [0.29, 0.717) is 0 Å². The third-order valence-corrected chi connectivity index (χ3v) is 16.2. The van der Waals surface area contributed by atoms with Crippen LogP contribution in [-0.4, -0.2) is 21.2 Å². The number of para-hydroxylation sites is 1. The van der Waals surface area contributed by atoms with E-state index in [4.69, 9.17) is 19.9 Å². The maximum atomic E-state index is 6.86. The fraction of sp³-hybridized carbons (Fsp3) is 0.333. The Kier molecular flexibility index (Phi) is 7.62. The zero-order chi connectivity index (χ0) is 24.0. The molecule has 0 atom stereocenters. The second kappa shape index (κ2) is 9.59. The predicted octanol–water partition coefficient (Wildman–Crippen LogP) is 8.97. The van der Waals surface area contributed by atoms with Crippen LogP contribution in [0.3, 0.4) is 0 Å². The van der Waals surface area contributed by atoms with Gasteiger partial charge in [0.25, 0.3) is 0 Å². The first-order chi connectivity index (χ1) is 14.8. The monoisotopic (exact) mass is 545 g/mol. The molecule has 0 aliphatic carbocycles. The van der Waals surface area contributed by atoms with E-state index in [1.165, 1.54) is 61.3 Å². The molecule has 0 unspecified atom stereocenters. The Morgan fingerprint density at radius 2 is 1.00 bits per heavy atom. The summed E-state index contributed by atoms with van der Waals surface area (Å²) in [7, 11) is 11.9. The number of hydrogen-bond acceptors (Lipinski definition) is 1. The van der Waals surface area contributed by atoms with Gasteiger partial charge in [0.2, 0.25) is 0 Å². The number of benzene rings is 3. The Morgan fingerprint density at radius 3 is 1.28 bits per heavy atom.